The van der Waals surface area contributed by atoms with Gasteiger partial charge in [-0.05, 0) is 60.1 Å². The number of aromatic nitrogens is 2. The lowest BCUT2D eigenvalue weighted by Gasteiger charge is -2.35. The number of carbonyl (C=O) groups excluding carboxylic acids is 1. The highest BCUT2D eigenvalue weighted by Crippen LogP contribution is 2.28. The molecule has 7 heteroatoms. The predicted octanol–water partition coefficient (Wildman–Crippen LogP) is 4.95. The van der Waals surface area contributed by atoms with E-state index in [0.717, 1.165) is 78.6 Å². The highest BCUT2D eigenvalue weighted by molar-refractivity contribution is 5.99. The number of fused-ring (bicyclic) bond motifs is 1. The fourth-order valence-corrected chi connectivity index (χ4v) is 5.03. The summed E-state index contributed by atoms with van der Waals surface area (Å²) in [6.07, 6.45) is 5.98. The van der Waals surface area contributed by atoms with E-state index in [4.69, 9.17) is 9.72 Å². The van der Waals surface area contributed by atoms with Crippen molar-refractivity contribution in [2.75, 3.05) is 50.1 Å². The van der Waals surface area contributed by atoms with E-state index in [0.29, 0.717) is 6.42 Å². The van der Waals surface area contributed by atoms with Crippen LogP contribution in [0.25, 0.3) is 10.9 Å². The minimum Gasteiger partial charge on any atom is -0.497 e. The summed E-state index contributed by atoms with van der Waals surface area (Å²) in [6.45, 7) is 11.7. The molecule has 0 radical (unpaired) electrons. The van der Waals surface area contributed by atoms with E-state index in [2.05, 4.69) is 81.8 Å². The van der Waals surface area contributed by atoms with Gasteiger partial charge in [-0.2, -0.15) is 0 Å². The van der Waals surface area contributed by atoms with Gasteiger partial charge < -0.3 is 24.4 Å². The third-order valence-corrected chi connectivity index (χ3v) is 7.32. The molecule has 0 unspecified atom stereocenters. The third-order valence-electron chi connectivity index (χ3n) is 7.32. The van der Waals surface area contributed by atoms with Gasteiger partial charge in [0, 0.05) is 67.8 Å². The predicted molar refractivity (Wildman–Crippen MR) is 154 cm³/mol. The molecule has 0 atom stereocenters. The molecule has 0 bridgehead atoms. The number of amides is 1. The van der Waals surface area contributed by atoms with Crippen LogP contribution in [0.5, 0.6) is 5.75 Å². The van der Waals surface area contributed by atoms with Gasteiger partial charge in [-0.25, -0.2) is 0 Å². The summed E-state index contributed by atoms with van der Waals surface area (Å²) in [4.78, 5) is 21.9. The number of carbonyl (C=O) groups is 1. The van der Waals surface area contributed by atoms with Crippen LogP contribution in [0.15, 0.2) is 79.6 Å². The maximum absolute atomic E-state index is 12.2. The van der Waals surface area contributed by atoms with E-state index < -0.39 is 0 Å². The summed E-state index contributed by atoms with van der Waals surface area (Å²) in [5.41, 5.74) is 6.21. The van der Waals surface area contributed by atoms with E-state index in [1.54, 1.807) is 7.11 Å². The number of nitrogens with zero attached hydrogens (tertiary/aromatic N) is 4. The lowest BCUT2D eigenvalue weighted by Crippen LogP contribution is -2.46. The standard InChI is InChI=1S/C31H35N5O2/c1-4-31(37)33-29-20-27(35-16-14-34(5-2)15-17-35)9-8-24(29)18-26-19-25-12-13-36(30(25)21-32-26)22-23-6-10-28(38-3)11-7-23/h4,6-13,19-21H,1,5,14-18,22H2,2-3H3,(H,33,37). The Morgan fingerprint density at radius 3 is 2.58 bits per heavy atom. The summed E-state index contributed by atoms with van der Waals surface area (Å²) < 4.78 is 7.47. The monoisotopic (exact) mass is 509 g/mol. The first-order valence-corrected chi connectivity index (χ1v) is 13.2. The molecule has 7 nitrogen and oxygen atoms in total. The first-order valence-electron chi connectivity index (χ1n) is 13.2. The maximum Gasteiger partial charge on any atom is 0.247 e. The number of pyridine rings is 1. The lowest BCUT2D eigenvalue weighted by molar-refractivity contribution is -0.111. The summed E-state index contributed by atoms with van der Waals surface area (Å²) in [5.74, 6) is 0.645. The molecule has 5 rings (SSSR count). The summed E-state index contributed by atoms with van der Waals surface area (Å²) in [6, 6.07) is 18.7. The van der Waals surface area contributed by atoms with Crippen LogP contribution in [0.3, 0.4) is 0 Å². The topological polar surface area (TPSA) is 62.6 Å². The molecule has 196 valence electrons. The molecule has 0 spiro atoms. The molecule has 3 heterocycles. The maximum atomic E-state index is 12.2. The molecule has 1 saturated heterocycles. The van der Waals surface area contributed by atoms with Crippen LogP contribution in [-0.4, -0.2) is 60.2 Å². The minimum absolute atomic E-state index is 0.210. The molecule has 1 aliphatic rings. The van der Waals surface area contributed by atoms with Crippen molar-refractivity contribution >= 4 is 28.2 Å². The van der Waals surface area contributed by atoms with E-state index in [-0.39, 0.29) is 5.91 Å². The highest BCUT2D eigenvalue weighted by atomic mass is 16.5. The number of benzene rings is 2. The summed E-state index contributed by atoms with van der Waals surface area (Å²) >= 11 is 0. The van der Waals surface area contributed by atoms with Crippen LogP contribution >= 0.6 is 0 Å². The molecule has 1 fully saturated rings. The summed E-state index contributed by atoms with van der Waals surface area (Å²) in [5, 5.41) is 4.17. The minimum atomic E-state index is -0.210. The fourth-order valence-electron chi connectivity index (χ4n) is 5.03. The van der Waals surface area contributed by atoms with Crippen molar-refractivity contribution in [3.05, 3.63) is 96.5 Å². The number of hydrogen-bond acceptors (Lipinski definition) is 5. The molecule has 1 aliphatic heterocycles. The summed E-state index contributed by atoms with van der Waals surface area (Å²) in [7, 11) is 1.68. The SMILES string of the molecule is C=CC(=O)Nc1cc(N2CCN(CC)CC2)ccc1Cc1cc2ccn(Cc3ccc(OC)cc3)c2cn1. The van der Waals surface area contributed by atoms with Crippen molar-refractivity contribution in [3.63, 3.8) is 0 Å². The number of anilines is 2. The highest BCUT2D eigenvalue weighted by Gasteiger charge is 2.18. The van der Waals surface area contributed by atoms with Crippen LogP contribution in [0, 0.1) is 0 Å². The van der Waals surface area contributed by atoms with Gasteiger partial charge >= 0.3 is 0 Å². The number of nitrogens with one attached hydrogen (secondary N) is 1. The van der Waals surface area contributed by atoms with E-state index in [1.807, 2.05) is 18.3 Å². The Morgan fingerprint density at radius 2 is 1.87 bits per heavy atom. The van der Waals surface area contributed by atoms with Gasteiger partial charge in [0.25, 0.3) is 0 Å². The Hall–Kier alpha value is -4.10. The second-order valence-corrected chi connectivity index (χ2v) is 9.66. The number of methoxy groups -OCH3 is 1. The fraction of sp³-hybridized carbons (Fsp3) is 0.290. The molecule has 2 aromatic carbocycles. The van der Waals surface area contributed by atoms with Gasteiger partial charge in [-0.1, -0.05) is 31.7 Å². The van der Waals surface area contributed by atoms with Crippen LogP contribution in [0.2, 0.25) is 0 Å². The number of hydrogen-bond donors (Lipinski definition) is 1. The largest absolute Gasteiger partial charge is 0.497 e. The first-order chi connectivity index (χ1) is 18.6. The van der Waals surface area contributed by atoms with Crippen molar-refractivity contribution in [1.29, 1.82) is 0 Å². The Bertz CT molecular complexity index is 1420. The molecule has 4 aromatic rings. The zero-order chi connectivity index (χ0) is 26.5. The number of rotatable bonds is 9. The van der Waals surface area contributed by atoms with Gasteiger partial charge in [0.15, 0.2) is 0 Å². The Morgan fingerprint density at radius 1 is 1.08 bits per heavy atom. The molecular formula is C31H35N5O2. The van der Waals surface area contributed by atoms with Crippen molar-refractivity contribution in [1.82, 2.24) is 14.5 Å². The normalized spacial score (nSPS) is 14.0. The third kappa shape index (κ3) is 5.73. The average molecular weight is 510 g/mol. The number of likely N-dealkylation sites (N-methyl/N-ethyl adjacent to an activating group) is 1. The second kappa shape index (κ2) is 11.5. The van der Waals surface area contributed by atoms with E-state index in [1.165, 1.54) is 11.6 Å². The van der Waals surface area contributed by atoms with Gasteiger partial charge in [0.05, 0.1) is 18.8 Å². The van der Waals surface area contributed by atoms with Gasteiger partial charge in [-0.15, -0.1) is 0 Å². The quantitative estimate of drug-likeness (QED) is 0.324. The van der Waals surface area contributed by atoms with Crippen molar-refractivity contribution in [2.24, 2.45) is 0 Å². The molecule has 2 aromatic heterocycles. The van der Waals surface area contributed by atoms with Crippen LogP contribution in [-0.2, 0) is 17.8 Å². The average Bonchev–Trinajstić information content (AvgIpc) is 3.36. The Kier molecular flexibility index (Phi) is 7.75. The van der Waals surface area contributed by atoms with Crippen LogP contribution in [0.4, 0.5) is 11.4 Å². The molecule has 0 aliphatic carbocycles. The van der Waals surface area contributed by atoms with Crippen molar-refractivity contribution < 1.29 is 9.53 Å². The molecular weight excluding hydrogens is 474 g/mol. The zero-order valence-corrected chi connectivity index (χ0v) is 22.2. The van der Waals surface area contributed by atoms with E-state index >= 15 is 0 Å². The number of piperazine rings is 1. The Labute approximate surface area is 224 Å². The first kappa shape index (κ1) is 25.5. The zero-order valence-electron chi connectivity index (χ0n) is 22.2. The van der Waals surface area contributed by atoms with Crippen LogP contribution in [0.1, 0.15) is 23.7 Å². The van der Waals surface area contributed by atoms with Crippen molar-refractivity contribution in [3.8, 4) is 5.75 Å². The number of ether oxygens (including phenoxy) is 1. The molecule has 1 N–H and O–H groups in total. The Balaban J connectivity index is 1.36. The van der Waals surface area contributed by atoms with Gasteiger partial charge in [0.1, 0.15) is 5.75 Å². The van der Waals surface area contributed by atoms with Gasteiger partial charge in [-0.3, -0.25) is 9.78 Å². The molecule has 1 amide bonds. The van der Waals surface area contributed by atoms with Crippen molar-refractivity contribution in [2.45, 2.75) is 19.9 Å². The molecule has 38 heavy (non-hydrogen) atoms. The lowest BCUT2D eigenvalue weighted by atomic mass is 10.0. The molecule has 0 saturated carbocycles. The van der Waals surface area contributed by atoms with Crippen LogP contribution < -0.4 is 15.0 Å². The van der Waals surface area contributed by atoms with Gasteiger partial charge in [0.2, 0.25) is 5.91 Å². The second-order valence-electron chi connectivity index (χ2n) is 9.66. The van der Waals surface area contributed by atoms with E-state index in [9.17, 15) is 4.79 Å². The smallest absolute Gasteiger partial charge is 0.247 e.